The summed E-state index contributed by atoms with van der Waals surface area (Å²) in [6.07, 6.45) is 0.272. The summed E-state index contributed by atoms with van der Waals surface area (Å²) in [6.45, 7) is 1.91. The van der Waals surface area contributed by atoms with Crippen molar-refractivity contribution in [3.8, 4) is 0 Å². The quantitative estimate of drug-likeness (QED) is 0.719. The standard InChI is InChI=1S/C22H22N2O2/c1-16(19-12-11-18-9-5-6-10-20(18)14-19)24-22(26)15-23-21(25)13-17-7-3-2-4-8-17/h2-12,14,16H,13,15H2,1H3,(H,23,25)(H,24,26)/t16-/m1/s1. The topological polar surface area (TPSA) is 58.2 Å². The molecule has 0 aliphatic carbocycles. The molecule has 0 bridgehead atoms. The predicted octanol–water partition coefficient (Wildman–Crippen LogP) is 3.38. The summed E-state index contributed by atoms with van der Waals surface area (Å²) in [5.41, 5.74) is 1.96. The van der Waals surface area contributed by atoms with E-state index in [-0.39, 0.29) is 30.8 Å². The minimum atomic E-state index is -0.202. The van der Waals surface area contributed by atoms with Gasteiger partial charge in [-0.25, -0.2) is 0 Å². The van der Waals surface area contributed by atoms with Crippen molar-refractivity contribution < 1.29 is 9.59 Å². The third kappa shape index (κ3) is 4.70. The normalized spacial score (nSPS) is 11.7. The molecule has 3 rings (SSSR count). The zero-order valence-corrected chi connectivity index (χ0v) is 14.7. The number of carbonyl (C=O) groups excluding carboxylic acids is 2. The highest BCUT2D eigenvalue weighted by Gasteiger charge is 2.11. The van der Waals surface area contributed by atoms with Gasteiger partial charge in [-0.15, -0.1) is 0 Å². The Morgan fingerprint density at radius 3 is 2.31 bits per heavy atom. The first kappa shape index (κ1) is 17.7. The van der Waals surface area contributed by atoms with Crippen LogP contribution in [-0.2, 0) is 16.0 Å². The van der Waals surface area contributed by atoms with Gasteiger partial charge in [0.05, 0.1) is 19.0 Å². The lowest BCUT2D eigenvalue weighted by molar-refractivity contribution is -0.126. The van der Waals surface area contributed by atoms with Crippen LogP contribution in [0.15, 0.2) is 72.8 Å². The van der Waals surface area contributed by atoms with Crippen molar-refractivity contribution in [2.24, 2.45) is 0 Å². The van der Waals surface area contributed by atoms with E-state index in [9.17, 15) is 9.59 Å². The summed E-state index contributed by atoms with van der Waals surface area (Å²) < 4.78 is 0. The molecule has 0 unspecified atom stereocenters. The summed E-state index contributed by atoms with van der Waals surface area (Å²) in [6, 6.07) is 23.6. The predicted molar refractivity (Wildman–Crippen MR) is 104 cm³/mol. The van der Waals surface area contributed by atoms with Gasteiger partial charge in [0, 0.05) is 0 Å². The van der Waals surface area contributed by atoms with Crippen LogP contribution in [0.5, 0.6) is 0 Å². The first-order chi connectivity index (χ1) is 12.6. The molecule has 0 fully saturated rings. The number of hydrogen-bond acceptors (Lipinski definition) is 2. The molecule has 0 aliphatic heterocycles. The summed E-state index contributed by atoms with van der Waals surface area (Å²) >= 11 is 0. The van der Waals surface area contributed by atoms with E-state index in [4.69, 9.17) is 0 Å². The fraction of sp³-hybridized carbons (Fsp3) is 0.182. The van der Waals surface area contributed by atoms with Crippen LogP contribution in [0.25, 0.3) is 10.8 Å². The Morgan fingerprint density at radius 1 is 0.846 bits per heavy atom. The maximum absolute atomic E-state index is 12.1. The van der Waals surface area contributed by atoms with Gasteiger partial charge in [0.1, 0.15) is 0 Å². The highest BCUT2D eigenvalue weighted by atomic mass is 16.2. The molecule has 0 spiro atoms. The molecule has 2 amide bonds. The van der Waals surface area contributed by atoms with Crippen LogP contribution >= 0.6 is 0 Å². The minimum absolute atomic E-state index is 0.0242. The molecular formula is C22H22N2O2. The number of amides is 2. The maximum Gasteiger partial charge on any atom is 0.239 e. The molecular weight excluding hydrogens is 324 g/mol. The van der Waals surface area contributed by atoms with Crippen molar-refractivity contribution in [1.29, 1.82) is 0 Å². The van der Waals surface area contributed by atoms with Crippen LogP contribution in [0.3, 0.4) is 0 Å². The molecule has 132 valence electrons. The number of rotatable bonds is 6. The molecule has 3 aromatic carbocycles. The summed E-state index contributed by atoms with van der Waals surface area (Å²) in [5, 5.41) is 7.90. The summed E-state index contributed by atoms with van der Waals surface area (Å²) in [7, 11) is 0. The lowest BCUT2D eigenvalue weighted by Gasteiger charge is -2.15. The number of carbonyl (C=O) groups is 2. The zero-order chi connectivity index (χ0) is 18.4. The van der Waals surface area contributed by atoms with E-state index >= 15 is 0 Å². The Kier molecular flexibility index (Phi) is 5.64. The third-order valence-corrected chi connectivity index (χ3v) is 4.30. The van der Waals surface area contributed by atoms with Gasteiger partial charge < -0.3 is 10.6 Å². The SMILES string of the molecule is C[C@@H](NC(=O)CNC(=O)Cc1ccccc1)c1ccc2ccccc2c1. The fourth-order valence-corrected chi connectivity index (χ4v) is 2.88. The molecule has 1 atom stereocenters. The van der Waals surface area contributed by atoms with Gasteiger partial charge >= 0.3 is 0 Å². The first-order valence-electron chi connectivity index (χ1n) is 8.70. The Morgan fingerprint density at radius 2 is 1.54 bits per heavy atom. The van der Waals surface area contributed by atoms with Crippen LogP contribution < -0.4 is 10.6 Å². The highest BCUT2D eigenvalue weighted by molar-refractivity contribution is 5.86. The number of nitrogens with one attached hydrogen (secondary N) is 2. The molecule has 3 aromatic rings. The van der Waals surface area contributed by atoms with Crippen LogP contribution in [0.2, 0.25) is 0 Å². The number of fused-ring (bicyclic) bond motifs is 1. The van der Waals surface area contributed by atoms with Crippen molar-refractivity contribution in [2.75, 3.05) is 6.54 Å². The minimum Gasteiger partial charge on any atom is -0.348 e. The second kappa shape index (κ2) is 8.30. The smallest absolute Gasteiger partial charge is 0.239 e. The summed E-state index contributed by atoms with van der Waals surface area (Å²) in [4.78, 5) is 24.0. The lowest BCUT2D eigenvalue weighted by atomic mass is 10.0. The second-order valence-electron chi connectivity index (χ2n) is 6.33. The van der Waals surface area contributed by atoms with Crippen LogP contribution in [0.1, 0.15) is 24.1 Å². The Balaban J connectivity index is 1.51. The van der Waals surface area contributed by atoms with Gasteiger partial charge in [0.2, 0.25) is 11.8 Å². The highest BCUT2D eigenvalue weighted by Crippen LogP contribution is 2.20. The average molecular weight is 346 g/mol. The van der Waals surface area contributed by atoms with Crippen LogP contribution in [-0.4, -0.2) is 18.4 Å². The van der Waals surface area contributed by atoms with E-state index in [1.807, 2.05) is 55.5 Å². The Hall–Kier alpha value is -3.14. The molecule has 0 saturated carbocycles. The largest absolute Gasteiger partial charge is 0.348 e. The van der Waals surface area contributed by atoms with E-state index in [1.165, 1.54) is 5.39 Å². The number of hydrogen-bond donors (Lipinski definition) is 2. The Bertz CT molecular complexity index is 906. The molecule has 0 aromatic heterocycles. The summed E-state index contributed by atoms with van der Waals surface area (Å²) in [5.74, 6) is -0.364. The van der Waals surface area contributed by atoms with Crippen LogP contribution in [0, 0.1) is 0 Å². The van der Waals surface area contributed by atoms with Crippen molar-refractivity contribution in [3.63, 3.8) is 0 Å². The second-order valence-corrected chi connectivity index (χ2v) is 6.33. The monoisotopic (exact) mass is 346 g/mol. The lowest BCUT2D eigenvalue weighted by Crippen LogP contribution is -2.38. The van der Waals surface area contributed by atoms with Gasteiger partial charge in [-0.05, 0) is 34.9 Å². The molecule has 2 N–H and O–H groups in total. The fourth-order valence-electron chi connectivity index (χ4n) is 2.88. The van der Waals surface area contributed by atoms with Crippen molar-refractivity contribution in [3.05, 3.63) is 83.9 Å². The van der Waals surface area contributed by atoms with E-state index in [0.29, 0.717) is 0 Å². The zero-order valence-electron chi connectivity index (χ0n) is 14.7. The van der Waals surface area contributed by atoms with Gasteiger partial charge in [-0.3, -0.25) is 9.59 Å². The maximum atomic E-state index is 12.1. The molecule has 0 aliphatic rings. The van der Waals surface area contributed by atoms with Crippen molar-refractivity contribution in [1.82, 2.24) is 10.6 Å². The third-order valence-electron chi connectivity index (χ3n) is 4.30. The molecule has 26 heavy (non-hydrogen) atoms. The van der Waals surface area contributed by atoms with Crippen LogP contribution in [0.4, 0.5) is 0 Å². The van der Waals surface area contributed by atoms with E-state index < -0.39 is 0 Å². The molecule has 0 heterocycles. The first-order valence-corrected chi connectivity index (χ1v) is 8.70. The average Bonchev–Trinajstić information content (AvgIpc) is 2.67. The molecule has 0 radical (unpaired) electrons. The van der Waals surface area contributed by atoms with E-state index in [0.717, 1.165) is 16.5 Å². The molecule has 4 heteroatoms. The van der Waals surface area contributed by atoms with E-state index in [1.54, 1.807) is 0 Å². The Labute approximate surface area is 153 Å². The molecule has 4 nitrogen and oxygen atoms in total. The van der Waals surface area contributed by atoms with Gasteiger partial charge in [-0.2, -0.15) is 0 Å². The van der Waals surface area contributed by atoms with Gasteiger partial charge in [0.15, 0.2) is 0 Å². The number of benzene rings is 3. The van der Waals surface area contributed by atoms with Crippen molar-refractivity contribution >= 4 is 22.6 Å². The molecule has 0 saturated heterocycles. The van der Waals surface area contributed by atoms with Crippen molar-refractivity contribution in [2.45, 2.75) is 19.4 Å². The van der Waals surface area contributed by atoms with E-state index in [2.05, 4.69) is 34.9 Å². The van der Waals surface area contributed by atoms with Gasteiger partial charge in [0.25, 0.3) is 0 Å². The van der Waals surface area contributed by atoms with Gasteiger partial charge in [-0.1, -0.05) is 66.7 Å².